The molecule has 5 nitrogen and oxygen atoms in total. The van der Waals surface area contributed by atoms with Gasteiger partial charge in [0.25, 0.3) is 0 Å². The molecular weight excluding hydrogens is 218 g/mol. The molecule has 3 rings (SSSR count). The zero-order valence-electron chi connectivity index (χ0n) is 9.25. The van der Waals surface area contributed by atoms with Crippen LogP contribution in [0.2, 0.25) is 0 Å². The molecule has 1 aliphatic heterocycles. The molecule has 2 aromatic rings. The molecule has 0 bridgehead atoms. The minimum absolute atomic E-state index is 0.0677. The van der Waals surface area contributed by atoms with E-state index in [2.05, 4.69) is 15.3 Å². The molecular formula is C12H13N3O2. The van der Waals surface area contributed by atoms with Crippen molar-refractivity contribution in [2.24, 2.45) is 5.92 Å². The van der Waals surface area contributed by atoms with Crippen LogP contribution in [0.1, 0.15) is 16.8 Å². The van der Waals surface area contributed by atoms with E-state index in [0.717, 1.165) is 25.0 Å². The number of imidazole rings is 1. The molecule has 0 aliphatic carbocycles. The Morgan fingerprint density at radius 2 is 2.06 bits per heavy atom. The van der Waals surface area contributed by atoms with Crippen LogP contribution in [0, 0.1) is 5.92 Å². The van der Waals surface area contributed by atoms with E-state index in [0.29, 0.717) is 11.1 Å². The molecule has 3 N–H and O–H groups in total. The van der Waals surface area contributed by atoms with Gasteiger partial charge in [-0.1, -0.05) is 0 Å². The lowest BCUT2D eigenvalue weighted by atomic mass is 9.97. The van der Waals surface area contributed by atoms with Gasteiger partial charge >= 0.3 is 5.69 Å². The Labute approximate surface area is 97.2 Å². The minimum atomic E-state index is -0.243. The monoisotopic (exact) mass is 231 g/mol. The third-order valence-corrected chi connectivity index (χ3v) is 3.23. The topological polar surface area (TPSA) is 77.8 Å². The maximum atomic E-state index is 12.2. The number of Topliss-reactive ketones (excluding diaryl/α,β-unsaturated/α-hetero) is 1. The molecule has 0 spiro atoms. The highest BCUT2D eigenvalue weighted by Gasteiger charge is 2.23. The third kappa shape index (κ3) is 1.78. The standard InChI is InChI=1S/C12H13N3O2/c16-11(8-3-4-13-6-8)7-1-2-9-10(5-7)15-12(17)14-9/h1-2,5,8,13H,3-4,6H2,(H2,14,15,17). The highest BCUT2D eigenvalue weighted by Crippen LogP contribution is 2.18. The van der Waals surface area contributed by atoms with Crippen molar-refractivity contribution in [3.05, 3.63) is 34.2 Å². The van der Waals surface area contributed by atoms with Gasteiger partial charge in [-0.05, 0) is 31.2 Å². The summed E-state index contributed by atoms with van der Waals surface area (Å²) in [5.41, 5.74) is 1.84. The molecule has 17 heavy (non-hydrogen) atoms. The van der Waals surface area contributed by atoms with Gasteiger partial charge in [0, 0.05) is 18.0 Å². The predicted molar refractivity (Wildman–Crippen MR) is 64.2 cm³/mol. The van der Waals surface area contributed by atoms with Crippen LogP contribution >= 0.6 is 0 Å². The third-order valence-electron chi connectivity index (χ3n) is 3.23. The summed E-state index contributed by atoms with van der Waals surface area (Å²) in [5, 5.41) is 3.18. The molecule has 1 unspecified atom stereocenters. The van der Waals surface area contributed by atoms with Gasteiger partial charge in [0.1, 0.15) is 0 Å². The largest absolute Gasteiger partial charge is 0.323 e. The number of H-pyrrole nitrogens is 2. The molecule has 1 aliphatic rings. The fourth-order valence-corrected chi connectivity index (χ4v) is 2.30. The second kappa shape index (κ2) is 3.85. The summed E-state index contributed by atoms with van der Waals surface area (Å²) in [6.07, 6.45) is 0.889. The van der Waals surface area contributed by atoms with Gasteiger partial charge in [-0.15, -0.1) is 0 Å². The summed E-state index contributed by atoms with van der Waals surface area (Å²) in [6.45, 7) is 1.65. The Kier molecular flexibility index (Phi) is 2.33. The molecule has 88 valence electrons. The van der Waals surface area contributed by atoms with Crippen LogP contribution < -0.4 is 11.0 Å². The number of hydrogen-bond donors (Lipinski definition) is 3. The SMILES string of the molecule is O=C(c1ccc2[nH]c(=O)[nH]c2c1)C1CCNC1. The van der Waals surface area contributed by atoms with Gasteiger partial charge in [-0.25, -0.2) is 4.79 Å². The minimum Gasteiger partial charge on any atom is -0.316 e. The average molecular weight is 231 g/mol. The number of benzene rings is 1. The number of rotatable bonds is 2. The average Bonchev–Trinajstić information content (AvgIpc) is 2.94. The highest BCUT2D eigenvalue weighted by molar-refractivity contribution is 6.00. The zero-order valence-corrected chi connectivity index (χ0v) is 9.25. The van der Waals surface area contributed by atoms with Crippen molar-refractivity contribution in [3.8, 4) is 0 Å². The van der Waals surface area contributed by atoms with Crippen LogP contribution in [-0.2, 0) is 0 Å². The number of aromatic amines is 2. The Morgan fingerprint density at radius 1 is 1.24 bits per heavy atom. The Balaban J connectivity index is 1.99. The summed E-state index contributed by atoms with van der Waals surface area (Å²) < 4.78 is 0. The van der Waals surface area contributed by atoms with Gasteiger partial charge in [0.05, 0.1) is 11.0 Å². The number of carbonyl (C=O) groups is 1. The quantitative estimate of drug-likeness (QED) is 0.664. The first kappa shape index (κ1) is 10.3. The lowest BCUT2D eigenvalue weighted by molar-refractivity contribution is 0.0930. The Bertz CT molecular complexity index is 620. The molecule has 0 radical (unpaired) electrons. The molecule has 0 amide bonds. The number of nitrogens with one attached hydrogen (secondary N) is 3. The fourth-order valence-electron chi connectivity index (χ4n) is 2.30. The van der Waals surface area contributed by atoms with Crippen molar-refractivity contribution in [1.82, 2.24) is 15.3 Å². The van der Waals surface area contributed by atoms with Crippen molar-refractivity contribution in [3.63, 3.8) is 0 Å². The van der Waals surface area contributed by atoms with E-state index in [1.807, 2.05) is 0 Å². The van der Waals surface area contributed by atoms with Crippen molar-refractivity contribution in [2.75, 3.05) is 13.1 Å². The molecule has 5 heteroatoms. The van der Waals surface area contributed by atoms with Crippen LogP contribution in [-0.4, -0.2) is 28.8 Å². The Morgan fingerprint density at radius 3 is 2.82 bits per heavy atom. The van der Waals surface area contributed by atoms with Crippen LogP contribution in [0.3, 0.4) is 0 Å². The maximum absolute atomic E-state index is 12.2. The molecule has 1 fully saturated rings. The van der Waals surface area contributed by atoms with Crippen LogP contribution in [0.4, 0.5) is 0 Å². The van der Waals surface area contributed by atoms with Crippen LogP contribution in [0.25, 0.3) is 11.0 Å². The molecule has 1 aromatic heterocycles. The van der Waals surface area contributed by atoms with Crippen LogP contribution in [0.15, 0.2) is 23.0 Å². The van der Waals surface area contributed by atoms with Gasteiger partial charge in [-0.3, -0.25) is 4.79 Å². The van der Waals surface area contributed by atoms with Crippen LogP contribution in [0.5, 0.6) is 0 Å². The predicted octanol–water partition coefficient (Wildman–Crippen LogP) is 0.648. The number of aromatic nitrogens is 2. The summed E-state index contributed by atoms with van der Waals surface area (Å²) in [4.78, 5) is 28.6. The number of ketones is 1. The van der Waals surface area contributed by atoms with E-state index in [1.54, 1.807) is 18.2 Å². The summed E-state index contributed by atoms with van der Waals surface area (Å²) in [6, 6.07) is 5.28. The molecule has 1 aromatic carbocycles. The van der Waals surface area contributed by atoms with E-state index in [9.17, 15) is 9.59 Å². The number of hydrogen-bond acceptors (Lipinski definition) is 3. The smallest absolute Gasteiger partial charge is 0.316 e. The van der Waals surface area contributed by atoms with E-state index in [-0.39, 0.29) is 17.4 Å². The number of fused-ring (bicyclic) bond motifs is 1. The lowest BCUT2D eigenvalue weighted by Gasteiger charge is -2.06. The fraction of sp³-hybridized carbons (Fsp3) is 0.333. The van der Waals surface area contributed by atoms with Crippen molar-refractivity contribution >= 4 is 16.8 Å². The summed E-state index contributed by atoms with van der Waals surface area (Å²) in [5.74, 6) is 0.220. The first-order valence-electron chi connectivity index (χ1n) is 5.71. The molecule has 1 atom stereocenters. The second-order valence-electron chi connectivity index (χ2n) is 4.39. The molecule has 2 heterocycles. The Hall–Kier alpha value is -1.88. The number of carbonyl (C=O) groups excluding carboxylic acids is 1. The van der Waals surface area contributed by atoms with E-state index < -0.39 is 0 Å². The van der Waals surface area contributed by atoms with E-state index in [4.69, 9.17) is 0 Å². The van der Waals surface area contributed by atoms with E-state index in [1.165, 1.54) is 0 Å². The van der Waals surface area contributed by atoms with Gasteiger partial charge < -0.3 is 15.3 Å². The summed E-state index contributed by atoms with van der Waals surface area (Å²) >= 11 is 0. The normalized spacial score (nSPS) is 19.9. The van der Waals surface area contributed by atoms with Gasteiger partial charge in [0.15, 0.2) is 5.78 Å². The van der Waals surface area contributed by atoms with Crippen molar-refractivity contribution < 1.29 is 4.79 Å². The molecule has 0 saturated carbocycles. The van der Waals surface area contributed by atoms with Crippen molar-refractivity contribution in [2.45, 2.75) is 6.42 Å². The highest BCUT2D eigenvalue weighted by atomic mass is 16.1. The van der Waals surface area contributed by atoms with Gasteiger partial charge in [0.2, 0.25) is 0 Å². The first-order valence-corrected chi connectivity index (χ1v) is 5.71. The van der Waals surface area contributed by atoms with Gasteiger partial charge in [-0.2, -0.15) is 0 Å². The maximum Gasteiger partial charge on any atom is 0.323 e. The zero-order chi connectivity index (χ0) is 11.8. The van der Waals surface area contributed by atoms with E-state index >= 15 is 0 Å². The first-order chi connectivity index (χ1) is 8.24. The lowest BCUT2D eigenvalue weighted by Crippen LogP contribution is -2.17. The molecule has 1 saturated heterocycles. The summed E-state index contributed by atoms with van der Waals surface area (Å²) in [7, 11) is 0. The second-order valence-corrected chi connectivity index (χ2v) is 4.39. The van der Waals surface area contributed by atoms with Crippen molar-refractivity contribution in [1.29, 1.82) is 0 Å².